The fraction of sp³-hybridized carbons (Fsp3) is 0.636. The average molecular weight is 225 g/mol. The Morgan fingerprint density at radius 1 is 1.47 bits per heavy atom. The van der Waals surface area contributed by atoms with Gasteiger partial charge in [0.1, 0.15) is 5.60 Å². The molecule has 0 bridgehead atoms. The lowest BCUT2D eigenvalue weighted by molar-refractivity contribution is -0.139. The van der Waals surface area contributed by atoms with Crippen molar-refractivity contribution >= 4 is 17.1 Å². The van der Waals surface area contributed by atoms with Gasteiger partial charge in [-0.2, -0.15) is 0 Å². The second-order valence-electron chi connectivity index (χ2n) is 4.16. The van der Waals surface area contributed by atoms with Crippen molar-refractivity contribution in [2.75, 3.05) is 0 Å². The third-order valence-electron chi connectivity index (χ3n) is 3.02. The number of aromatic nitrogens is 1. The van der Waals surface area contributed by atoms with E-state index in [0.29, 0.717) is 19.3 Å². The second kappa shape index (κ2) is 4.41. The molecule has 1 aliphatic carbocycles. The van der Waals surface area contributed by atoms with Crippen LogP contribution in [0.5, 0.6) is 0 Å². The Hall–Kier alpha value is -0.740. The van der Waals surface area contributed by atoms with Crippen LogP contribution in [-0.4, -0.2) is 21.5 Å². The van der Waals surface area contributed by atoms with Crippen LogP contribution in [0, 0.1) is 0 Å². The zero-order valence-electron chi connectivity index (χ0n) is 8.61. The number of ketones is 1. The summed E-state index contributed by atoms with van der Waals surface area (Å²) in [7, 11) is 0. The van der Waals surface area contributed by atoms with Crippen molar-refractivity contribution < 1.29 is 9.90 Å². The highest BCUT2D eigenvalue weighted by atomic mass is 32.1. The molecule has 1 fully saturated rings. The maximum absolute atomic E-state index is 11.9. The summed E-state index contributed by atoms with van der Waals surface area (Å²) in [6.07, 6.45) is 6.36. The molecule has 2 rings (SSSR count). The topological polar surface area (TPSA) is 50.2 Å². The molecule has 4 heteroatoms. The number of carbonyl (C=O) groups is 1. The molecule has 1 N–H and O–H groups in total. The third kappa shape index (κ3) is 2.44. The highest BCUT2D eigenvalue weighted by Crippen LogP contribution is 2.30. The Balaban J connectivity index is 2.00. The van der Waals surface area contributed by atoms with Gasteiger partial charge in [-0.1, -0.05) is 19.3 Å². The molecule has 15 heavy (non-hydrogen) atoms. The summed E-state index contributed by atoms with van der Waals surface area (Å²) in [4.78, 5) is 16.8. The van der Waals surface area contributed by atoms with Gasteiger partial charge in [-0.25, -0.2) is 0 Å². The van der Waals surface area contributed by atoms with Gasteiger partial charge in [0, 0.05) is 17.5 Å². The van der Waals surface area contributed by atoms with Crippen LogP contribution in [0.15, 0.2) is 11.7 Å². The monoisotopic (exact) mass is 225 g/mol. The highest BCUT2D eigenvalue weighted by Gasteiger charge is 2.36. The zero-order valence-corrected chi connectivity index (χ0v) is 9.42. The quantitative estimate of drug-likeness (QED) is 0.855. The molecule has 82 valence electrons. The molecule has 3 nitrogen and oxygen atoms in total. The molecular formula is C11H15NO2S. The van der Waals surface area contributed by atoms with E-state index in [2.05, 4.69) is 4.98 Å². The van der Waals surface area contributed by atoms with Crippen LogP contribution in [0.2, 0.25) is 0 Å². The number of aliphatic hydroxyl groups is 1. The van der Waals surface area contributed by atoms with Crippen LogP contribution in [0.3, 0.4) is 0 Å². The summed E-state index contributed by atoms with van der Waals surface area (Å²) in [5, 5.41) is 10.2. The molecular weight excluding hydrogens is 210 g/mol. The molecule has 1 heterocycles. The molecule has 0 amide bonds. The maximum Gasteiger partial charge on any atom is 0.169 e. The largest absolute Gasteiger partial charge is 0.382 e. The number of nitrogens with zero attached hydrogens (tertiary/aromatic N) is 1. The summed E-state index contributed by atoms with van der Waals surface area (Å²) < 4.78 is 0. The van der Waals surface area contributed by atoms with Gasteiger partial charge < -0.3 is 5.11 Å². The van der Waals surface area contributed by atoms with Crippen molar-refractivity contribution in [2.24, 2.45) is 0 Å². The summed E-state index contributed by atoms with van der Waals surface area (Å²) in [6.45, 7) is 0. The first-order valence-corrected chi connectivity index (χ1v) is 6.22. The van der Waals surface area contributed by atoms with E-state index in [-0.39, 0.29) is 5.78 Å². The van der Waals surface area contributed by atoms with Crippen LogP contribution in [0.25, 0.3) is 0 Å². The van der Waals surface area contributed by atoms with Gasteiger partial charge in [-0.3, -0.25) is 9.78 Å². The Morgan fingerprint density at radius 2 is 2.20 bits per heavy atom. The first-order valence-electron chi connectivity index (χ1n) is 5.34. The number of thiazole rings is 1. The van der Waals surface area contributed by atoms with Crippen molar-refractivity contribution in [1.29, 1.82) is 0 Å². The van der Waals surface area contributed by atoms with E-state index in [4.69, 9.17) is 0 Å². The maximum atomic E-state index is 11.9. The van der Waals surface area contributed by atoms with Gasteiger partial charge in [0.2, 0.25) is 0 Å². The molecule has 1 saturated carbocycles. The molecule has 1 aromatic heterocycles. The number of rotatable bonds is 3. The second-order valence-corrected chi connectivity index (χ2v) is 5.13. The van der Waals surface area contributed by atoms with Gasteiger partial charge in [0.15, 0.2) is 5.78 Å². The Morgan fingerprint density at radius 3 is 2.80 bits per heavy atom. The van der Waals surface area contributed by atoms with E-state index in [1.165, 1.54) is 11.3 Å². The minimum Gasteiger partial charge on any atom is -0.382 e. The smallest absolute Gasteiger partial charge is 0.169 e. The van der Waals surface area contributed by atoms with Gasteiger partial charge in [0.25, 0.3) is 0 Å². The van der Waals surface area contributed by atoms with Crippen LogP contribution < -0.4 is 0 Å². The predicted octanol–water partition coefficient (Wildman–Crippen LogP) is 1.95. The summed E-state index contributed by atoms with van der Waals surface area (Å²) in [5.41, 5.74) is 0.662. The molecule has 0 radical (unpaired) electrons. The molecule has 0 aromatic carbocycles. The Bertz CT molecular complexity index is 328. The first-order chi connectivity index (χ1) is 7.21. The van der Waals surface area contributed by atoms with Crippen molar-refractivity contribution in [3.8, 4) is 0 Å². The lowest BCUT2D eigenvalue weighted by Gasteiger charge is -2.30. The molecule has 1 aromatic rings. The Kier molecular flexibility index (Phi) is 3.17. The fourth-order valence-corrected chi connectivity index (χ4v) is 2.66. The number of Topliss-reactive ketones (excluding diaryl/α,β-unsaturated/α-hetero) is 1. The van der Waals surface area contributed by atoms with Gasteiger partial charge >= 0.3 is 0 Å². The number of hydrogen-bond donors (Lipinski definition) is 1. The van der Waals surface area contributed by atoms with E-state index in [0.717, 1.165) is 24.1 Å². The minimum absolute atomic E-state index is 0.0357. The average Bonchev–Trinajstić information content (AvgIpc) is 2.71. The summed E-state index contributed by atoms with van der Waals surface area (Å²) >= 11 is 1.47. The molecule has 1 aliphatic rings. The van der Waals surface area contributed by atoms with Gasteiger partial charge in [-0.15, -0.1) is 11.3 Å². The van der Waals surface area contributed by atoms with Crippen molar-refractivity contribution in [3.05, 3.63) is 16.6 Å². The zero-order chi connectivity index (χ0) is 10.7. The fourth-order valence-electron chi connectivity index (χ4n) is 2.07. The van der Waals surface area contributed by atoms with E-state index >= 15 is 0 Å². The highest BCUT2D eigenvalue weighted by molar-refractivity contribution is 7.09. The third-order valence-corrected chi connectivity index (χ3v) is 3.80. The van der Waals surface area contributed by atoms with Crippen molar-refractivity contribution in [1.82, 2.24) is 4.98 Å². The van der Waals surface area contributed by atoms with E-state index in [9.17, 15) is 9.90 Å². The standard InChI is InChI=1S/C11H15NO2S/c13-10(6-9-7-12-8-15-9)11(14)4-2-1-3-5-11/h7-8,14H,1-6H2. The Labute approximate surface area is 93.2 Å². The van der Waals surface area contributed by atoms with E-state index < -0.39 is 5.60 Å². The summed E-state index contributed by atoms with van der Waals surface area (Å²) in [6, 6.07) is 0. The van der Waals surface area contributed by atoms with Crippen LogP contribution in [0.4, 0.5) is 0 Å². The van der Waals surface area contributed by atoms with Crippen LogP contribution in [-0.2, 0) is 11.2 Å². The van der Waals surface area contributed by atoms with E-state index in [1.54, 1.807) is 11.7 Å². The van der Waals surface area contributed by atoms with E-state index in [1.807, 2.05) is 0 Å². The number of hydrogen-bond acceptors (Lipinski definition) is 4. The lowest BCUT2D eigenvalue weighted by Crippen LogP contribution is -2.41. The van der Waals surface area contributed by atoms with Gasteiger partial charge in [-0.05, 0) is 12.8 Å². The molecule has 0 aliphatic heterocycles. The lowest BCUT2D eigenvalue weighted by atomic mass is 9.81. The van der Waals surface area contributed by atoms with Crippen molar-refractivity contribution in [2.45, 2.75) is 44.1 Å². The first kappa shape index (κ1) is 10.8. The number of carbonyl (C=O) groups excluding carboxylic acids is 1. The molecule has 0 spiro atoms. The molecule has 0 saturated heterocycles. The molecule has 0 unspecified atom stereocenters. The van der Waals surface area contributed by atoms with Crippen LogP contribution >= 0.6 is 11.3 Å². The van der Waals surface area contributed by atoms with Gasteiger partial charge in [0.05, 0.1) is 5.51 Å². The molecule has 0 atom stereocenters. The summed E-state index contributed by atoms with van der Waals surface area (Å²) in [5.74, 6) is -0.0357. The predicted molar refractivity (Wildman–Crippen MR) is 58.9 cm³/mol. The van der Waals surface area contributed by atoms with Crippen LogP contribution in [0.1, 0.15) is 37.0 Å². The SMILES string of the molecule is O=C(Cc1cncs1)C1(O)CCCCC1. The van der Waals surface area contributed by atoms with Crippen molar-refractivity contribution in [3.63, 3.8) is 0 Å². The normalized spacial score (nSPS) is 20.1. The minimum atomic E-state index is -1.05.